The number of nitrogens with one attached hydrogen (secondary N) is 1. The fraction of sp³-hybridized carbons (Fsp3) is 0.500. The van der Waals surface area contributed by atoms with E-state index in [1.807, 2.05) is 17.8 Å². The molecule has 0 saturated heterocycles. The lowest BCUT2D eigenvalue weighted by Gasteiger charge is -2.02. The summed E-state index contributed by atoms with van der Waals surface area (Å²) >= 11 is 0. The summed E-state index contributed by atoms with van der Waals surface area (Å²) < 4.78 is 1.93. The van der Waals surface area contributed by atoms with Gasteiger partial charge in [-0.25, -0.2) is 4.98 Å². The number of rotatable bonds is 5. The van der Waals surface area contributed by atoms with E-state index in [0.29, 0.717) is 19.5 Å². The first-order valence-corrected chi connectivity index (χ1v) is 4.15. The number of carbonyl (C=O) groups excluding carboxylic acids is 1. The van der Waals surface area contributed by atoms with E-state index < -0.39 is 0 Å². The maximum Gasteiger partial charge on any atom is 0.218 e. The van der Waals surface area contributed by atoms with Crippen LogP contribution in [0.25, 0.3) is 0 Å². The molecule has 0 radical (unpaired) electrons. The van der Waals surface area contributed by atoms with Crippen molar-refractivity contribution in [3.8, 4) is 0 Å². The third kappa shape index (κ3) is 3.25. The molecule has 0 aliphatic heterocycles. The van der Waals surface area contributed by atoms with Crippen LogP contribution >= 0.6 is 0 Å². The minimum Gasteiger partial charge on any atom is -0.370 e. The van der Waals surface area contributed by atoms with Gasteiger partial charge in [0.2, 0.25) is 5.91 Å². The molecule has 0 atom stereocenters. The summed E-state index contributed by atoms with van der Waals surface area (Å²) in [6.07, 6.45) is 3.99. The Balaban J connectivity index is 2.20. The van der Waals surface area contributed by atoms with Crippen molar-refractivity contribution in [1.82, 2.24) is 14.9 Å². The molecule has 13 heavy (non-hydrogen) atoms. The van der Waals surface area contributed by atoms with Crippen LogP contribution in [0, 0.1) is 0 Å². The highest BCUT2D eigenvalue weighted by atomic mass is 16.1. The second-order valence-corrected chi connectivity index (χ2v) is 2.85. The molecule has 0 spiro atoms. The standard InChI is InChI=1S/C8H14N4O/c1-12-5-4-11-8(12)6-10-3-2-7(9)13/h4-5,10H,2-3,6H2,1H3,(H2,9,13). The first kappa shape index (κ1) is 9.73. The molecule has 0 saturated carbocycles. The summed E-state index contributed by atoms with van der Waals surface area (Å²) in [5.74, 6) is 0.664. The molecular weight excluding hydrogens is 168 g/mol. The monoisotopic (exact) mass is 182 g/mol. The number of amides is 1. The zero-order valence-electron chi connectivity index (χ0n) is 7.66. The number of aryl methyl sites for hydroxylation is 1. The minimum absolute atomic E-state index is 0.285. The van der Waals surface area contributed by atoms with Gasteiger partial charge in [0.25, 0.3) is 0 Å². The molecule has 0 aromatic carbocycles. The van der Waals surface area contributed by atoms with Crippen LogP contribution in [0.3, 0.4) is 0 Å². The molecule has 0 fully saturated rings. The SMILES string of the molecule is Cn1ccnc1CNCCC(N)=O. The Bertz CT molecular complexity index is 281. The van der Waals surface area contributed by atoms with Gasteiger partial charge in [-0.05, 0) is 0 Å². The first-order chi connectivity index (χ1) is 6.20. The van der Waals surface area contributed by atoms with Crippen LogP contribution in [-0.4, -0.2) is 22.0 Å². The molecular formula is C8H14N4O. The number of primary amides is 1. The second kappa shape index (κ2) is 4.61. The Labute approximate surface area is 76.9 Å². The molecule has 1 rings (SSSR count). The highest BCUT2D eigenvalue weighted by Gasteiger charge is 1.98. The smallest absolute Gasteiger partial charge is 0.218 e. The maximum atomic E-state index is 10.4. The van der Waals surface area contributed by atoms with E-state index in [9.17, 15) is 4.79 Å². The Hall–Kier alpha value is -1.36. The topological polar surface area (TPSA) is 72.9 Å². The number of carbonyl (C=O) groups is 1. The number of hydrogen-bond acceptors (Lipinski definition) is 3. The van der Waals surface area contributed by atoms with Crippen molar-refractivity contribution in [1.29, 1.82) is 0 Å². The molecule has 0 aliphatic carbocycles. The van der Waals surface area contributed by atoms with Crippen LogP contribution in [0.15, 0.2) is 12.4 Å². The van der Waals surface area contributed by atoms with E-state index in [0.717, 1.165) is 5.82 Å². The van der Waals surface area contributed by atoms with Gasteiger partial charge in [-0.3, -0.25) is 4.79 Å². The van der Waals surface area contributed by atoms with Crippen molar-refractivity contribution in [2.75, 3.05) is 6.54 Å². The highest BCUT2D eigenvalue weighted by Crippen LogP contribution is 1.92. The van der Waals surface area contributed by atoms with Gasteiger partial charge in [0.05, 0.1) is 6.54 Å². The van der Waals surface area contributed by atoms with E-state index >= 15 is 0 Å². The van der Waals surface area contributed by atoms with Crippen LogP contribution in [0.5, 0.6) is 0 Å². The van der Waals surface area contributed by atoms with Gasteiger partial charge in [0.1, 0.15) is 5.82 Å². The normalized spacial score (nSPS) is 10.2. The van der Waals surface area contributed by atoms with E-state index in [1.54, 1.807) is 6.20 Å². The largest absolute Gasteiger partial charge is 0.370 e. The second-order valence-electron chi connectivity index (χ2n) is 2.85. The van der Waals surface area contributed by atoms with E-state index in [4.69, 9.17) is 5.73 Å². The highest BCUT2D eigenvalue weighted by molar-refractivity contribution is 5.73. The van der Waals surface area contributed by atoms with Crippen LogP contribution in [-0.2, 0) is 18.4 Å². The summed E-state index contributed by atoms with van der Waals surface area (Å²) in [4.78, 5) is 14.5. The van der Waals surface area contributed by atoms with Crippen LogP contribution < -0.4 is 11.1 Å². The Kier molecular flexibility index (Phi) is 3.45. The Morgan fingerprint density at radius 3 is 3.08 bits per heavy atom. The van der Waals surface area contributed by atoms with Gasteiger partial charge in [-0.15, -0.1) is 0 Å². The Morgan fingerprint density at radius 2 is 2.54 bits per heavy atom. The zero-order chi connectivity index (χ0) is 9.68. The molecule has 5 heteroatoms. The molecule has 1 aromatic rings. The van der Waals surface area contributed by atoms with Gasteiger partial charge in [0.15, 0.2) is 0 Å². The van der Waals surface area contributed by atoms with E-state index in [2.05, 4.69) is 10.3 Å². The van der Waals surface area contributed by atoms with Gasteiger partial charge in [0, 0.05) is 32.4 Å². The lowest BCUT2D eigenvalue weighted by Crippen LogP contribution is -2.22. The number of nitrogens with zero attached hydrogens (tertiary/aromatic N) is 2. The Morgan fingerprint density at radius 1 is 1.77 bits per heavy atom. The fourth-order valence-electron chi connectivity index (χ4n) is 0.979. The number of imidazole rings is 1. The van der Waals surface area contributed by atoms with Crippen molar-refractivity contribution >= 4 is 5.91 Å². The van der Waals surface area contributed by atoms with Crippen LogP contribution in [0.4, 0.5) is 0 Å². The van der Waals surface area contributed by atoms with Gasteiger partial charge >= 0.3 is 0 Å². The van der Waals surface area contributed by atoms with Crippen molar-refractivity contribution in [3.63, 3.8) is 0 Å². The number of hydrogen-bond donors (Lipinski definition) is 2. The van der Waals surface area contributed by atoms with Crippen molar-refractivity contribution in [2.45, 2.75) is 13.0 Å². The average molecular weight is 182 g/mol. The quantitative estimate of drug-likeness (QED) is 0.596. The molecule has 0 bridgehead atoms. The predicted octanol–water partition coefficient (Wildman–Crippen LogP) is -0.615. The molecule has 0 aliphatic rings. The van der Waals surface area contributed by atoms with Crippen LogP contribution in [0.1, 0.15) is 12.2 Å². The predicted molar refractivity (Wildman–Crippen MR) is 48.7 cm³/mol. The zero-order valence-corrected chi connectivity index (χ0v) is 7.66. The van der Waals surface area contributed by atoms with Gasteiger partial charge in [-0.2, -0.15) is 0 Å². The van der Waals surface area contributed by atoms with Crippen molar-refractivity contribution in [2.24, 2.45) is 12.8 Å². The molecule has 5 nitrogen and oxygen atoms in total. The first-order valence-electron chi connectivity index (χ1n) is 4.15. The lowest BCUT2D eigenvalue weighted by atomic mass is 10.4. The van der Waals surface area contributed by atoms with Crippen LogP contribution in [0.2, 0.25) is 0 Å². The van der Waals surface area contributed by atoms with Crippen molar-refractivity contribution in [3.05, 3.63) is 18.2 Å². The number of nitrogens with two attached hydrogens (primary N) is 1. The third-order valence-corrected chi connectivity index (χ3v) is 1.75. The molecule has 0 unspecified atom stereocenters. The molecule has 1 heterocycles. The summed E-state index contributed by atoms with van der Waals surface area (Å²) in [6.45, 7) is 1.26. The number of aromatic nitrogens is 2. The molecule has 3 N–H and O–H groups in total. The lowest BCUT2D eigenvalue weighted by molar-refractivity contribution is -0.117. The summed E-state index contributed by atoms with van der Waals surface area (Å²) in [6, 6.07) is 0. The molecule has 1 amide bonds. The molecule has 72 valence electrons. The molecule has 1 aromatic heterocycles. The van der Waals surface area contributed by atoms with Gasteiger partial charge < -0.3 is 15.6 Å². The fourth-order valence-corrected chi connectivity index (χ4v) is 0.979. The summed E-state index contributed by atoms with van der Waals surface area (Å²) in [5.41, 5.74) is 4.98. The van der Waals surface area contributed by atoms with Gasteiger partial charge in [-0.1, -0.05) is 0 Å². The average Bonchev–Trinajstić information content (AvgIpc) is 2.45. The maximum absolute atomic E-state index is 10.4. The third-order valence-electron chi connectivity index (χ3n) is 1.75. The van der Waals surface area contributed by atoms with E-state index in [-0.39, 0.29) is 5.91 Å². The van der Waals surface area contributed by atoms with Crippen molar-refractivity contribution < 1.29 is 4.79 Å². The minimum atomic E-state index is -0.285. The summed E-state index contributed by atoms with van der Waals surface area (Å²) in [7, 11) is 1.93. The summed E-state index contributed by atoms with van der Waals surface area (Å²) in [5, 5.41) is 3.08. The van der Waals surface area contributed by atoms with E-state index in [1.165, 1.54) is 0 Å².